The van der Waals surface area contributed by atoms with Gasteiger partial charge in [-0.1, -0.05) is 29.8 Å². The van der Waals surface area contributed by atoms with Gasteiger partial charge in [-0.25, -0.2) is 4.98 Å². The number of nitrogens with zero attached hydrogens (tertiary/aromatic N) is 3. The number of amides is 1. The van der Waals surface area contributed by atoms with Crippen molar-refractivity contribution in [1.82, 2.24) is 19.8 Å². The summed E-state index contributed by atoms with van der Waals surface area (Å²) < 4.78 is 1.80. The van der Waals surface area contributed by atoms with Gasteiger partial charge in [0.15, 0.2) is 0 Å². The van der Waals surface area contributed by atoms with Crippen molar-refractivity contribution < 1.29 is 4.79 Å². The number of rotatable bonds is 6. The van der Waals surface area contributed by atoms with E-state index in [0.29, 0.717) is 6.54 Å². The molecule has 0 saturated carbocycles. The number of aryl methyl sites for hydroxylation is 1. The Balaban J connectivity index is 2.00. The van der Waals surface area contributed by atoms with Crippen molar-refractivity contribution in [3.63, 3.8) is 0 Å². The van der Waals surface area contributed by atoms with Gasteiger partial charge < -0.3 is 14.8 Å². The molecule has 5 nitrogen and oxygen atoms in total. The summed E-state index contributed by atoms with van der Waals surface area (Å²) in [5.74, 6) is -0.00281. The van der Waals surface area contributed by atoms with E-state index in [2.05, 4.69) is 46.4 Å². The van der Waals surface area contributed by atoms with Gasteiger partial charge in [-0.05, 0) is 33.5 Å². The summed E-state index contributed by atoms with van der Waals surface area (Å²) in [5.41, 5.74) is 2.44. The van der Waals surface area contributed by atoms with Crippen LogP contribution in [0.1, 0.15) is 30.1 Å². The number of imidazole rings is 1. The molecule has 0 saturated heterocycles. The van der Waals surface area contributed by atoms with E-state index in [0.717, 1.165) is 0 Å². The van der Waals surface area contributed by atoms with Crippen LogP contribution in [0.4, 0.5) is 0 Å². The topological polar surface area (TPSA) is 50.2 Å². The highest BCUT2D eigenvalue weighted by atomic mass is 16.2. The molecular weight excluding hydrogens is 276 g/mol. The minimum atomic E-state index is -0.261. The van der Waals surface area contributed by atoms with Crippen molar-refractivity contribution in [1.29, 1.82) is 0 Å². The zero-order valence-electron chi connectivity index (χ0n) is 13.7. The molecule has 1 aromatic carbocycles. The molecule has 0 unspecified atom stereocenters. The Morgan fingerprint density at radius 3 is 2.55 bits per heavy atom. The number of likely N-dealkylation sites (N-methyl/N-ethyl adjacent to an activating group) is 1. The van der Waals surface area contributed by atoms with E-state index in [1.165, 1.54) is 11.1 Å². The highest BCUT2D eigenvalue weighted by Gasteiger charge is 2.18. The average molecular weight is 300 g/mol. The molecule has 2 rings (SSSR count). The van der Waals surface area contributed by atoms with Crippen molar-refractivity contribution in [3.8, 4) is 0 Å². The van der Waals surface area contributed by atoms with Crippen LogP contribution in [-0.4, -0.2) is 41.0 Å². The van der Waals surface area contributed by atoms with E-state index in [-0.39, 0.29) is 18.0 Å². The number of carbonyl (C=O) groups is 1. The largest absolute Gasteiger partial charge is 0.352 e. The number of carbonyl (C=O) groups excluding carboxylic acids is 1. The fourth-order valence-corrected chi connectivity index (χ4v) is 2.37. The van der Waals surface area contributed by atoms with Crippen molar-refractivity contribution >= 4 is 5.91 Å². The van der Waals surface area contributed by atoms with Crippen LogP contribution in [0.3, 0.4) is 0 Å². The molecule has 2 atom stereocenters. The van der Waals surface area contributed by atoms with Crippen molar-refractivity contribution in [2.24, 2.45) is 0 Å². The van der Waals surface area contributed by atoms with Gasteiger partial charge >= 0.3 is 0 Å². The summed E-state index contributed by atoms with van der Waals surface area (Å²) in [6, 6.07) is 8.32. The second kappa shape index (κ2) is 7.22. The van der Waals surface area contributed by atoms with Gasteiger partial charge in [0.2, 0.25) is 5.91 Å². The number of aromatic nitrogens is 2. The van der Waals surface area contributed by atoms with Crippen molar-refractivity contribution in [2.45, 2.75) is 25.9 Å². The molecule has 22 heavy (non-hydrogen) atoms. The molecule has 118 valence electrons. The van der Waals surface area contributed by atoms with E-state index < -0.39 is 0 Å². The molecular formula is C17H24N4O. The van der Waals surface area contributed by atoms with Crippen LogP contribution in [-0.2, 0) is 4.79 Å². The molecule has 0 bridgehead atoms. The Morgan fingerprint density at radius 1 is 1.32 bits per heavy atom. The molecule has 0 aliphatic heterocycles. The minimum Gasteiger partial charge on any atom is -0.352 e. The number of nitrogens with one attached hydrogen (secondary N) is 1. The SMILES string of the molecule is Cc1ccc([C@H](CNC(=O)[C@@H](C)n2ccnc2)N(C)C)cc1. The number of benzene rings is 1. The lowest BCUT2D eigenvalue weighted by molar-refractivity contribution is -0.124. The highest BCUT2D eigenvalue weighted by molar-refractivity contribution is 5.79. The first-order chi connectivity index (χ1) is 10.5. The fraction of sp³-hybridized carbons (Fsp3) is 0.412. The smallest absolute Gasteiger partial charge is 0.242 e. The Morgan fingerprint density at radius 2 is 2.00 bits per heavy atom. The van der Waals surface area contributed by atoms with Crippen LogP contribution in [0.5, 0.6) is 0 Å². The summed E-state index contributed by atoms with van der Waals surface area (Å²) in [4.78, 5) is 18.4. The molecule has 0 fully saturated rings. The van der Waals surface area contributed by atoms with Gasteiger partial charge in [0.25, 0.3) is 0 Å². The maximum atomic E-state index is 12.3. The summed E-state index contributed by atoms with van der Waals surface area (Å²) >= 11 is 0. The monoisotopic (exact) mass is 300 g/mol. The van der Waals surface area contributed by atoms with Crippen molar-refractivity contribution in [2.75, 3.05) is 20.6 Å². The molecule has 0 aliphatic rings. The number of hydrogen-bond acceptors (Lipinski definition) is 3. The average Bonchev–Trinajstić information content (AvgIpc) is 3.02. The van der Waals surface area contributed by atoms with Gasteiger partial charge in [0.1, 0.15) is 6.04 Å². The molecule has 5 heteroatoms. The van der Waals surface area contributed by atoms with E-state index in [1.54, 1.807) is 23.3 Å². The minimum absolute atomic E-state index is 0.00281. The first kappa shape index (κ1) is 16.2. The van der Waals surface area contributed by atoms with Gasteiger partial charge in [-0.15, -0.1) is 0 Å². The fourth-order valence-electron chi connectivity index (χ4n) is 2.37. The second-order valence-electron chi connectivity index (χ2n) is 5.82. The molecule has 1 N–H and O–H groups in total. The normalized spacial score (nSPS) is 13.9. The van der Waals surface area contributed by atoms with Gasteiger partial charge in [-0.2, -0.15) is 0 Å². The third-order valence-electron chi connectivity index (χ3n) is 3.91. The predicted molar refractivity (Wildman–Crippen MR) is 87.6 cm³/mol. The first-order valence-electron chi connectivity index (χ1n) is 7.47. The third kappa shape index (κ3) is 3.95. The number of hydrogen-bond donors (Lipinski definition) is 1. The Bertz CT molecular complexity index is 590. The van der Waals surface area contributed by atoms with Gasteiger partial charge in [-0.3, -0.25) is 4.79 Å². The molecule has 0 radical (unpaired) electrons. The van der Waals surface area contributed by atoms with Crippen LogP contribution in [0.2, 0.25) is 0 Å². The zero-order valence-corrected chi connectivity index (χ0v) is 13.7. The Kier molecular flexibility index (Phi) is 5.33. The summed E-state index contributed by atoms with van der Waals surface area (Å²) in [5, 5.41) is 3.04. The van der Waals surface area contributed by atoms with E-state index >= 15 is 0 Å². The lowest BCUT2D eigenvalue weighted by Crippen LogP contribution is -2.37. The predicted octanol–water partition coefficient (Wildman–Crippen LogP) is 2.17. The van der Waals surface area contributed by atoms with Crippen LogP contribution in [0.25, 0.3) is 0 Å². The lowest BCUT2D eigenvalue weighted by atomic mass is 10.0. The van der Waals surface area contributed by atoms with Gasteiger partial charge in [0, 0.05) is 18.9 Å². The summed E-state index contributed by atoms with van der Waals surface area (Å²) in [6.07, 6.45) is 5.14. The maximum absolute atomic E-state index is 12.3. The molecule has 1 amide bonds. The van der Waals surface area contributed by atoms with Crippen molar-refractivity contribution in [3.05, 3.63) is 54.1 Å². The quantitative estimate of drug-likeness (QED) is 0.889. The first-order valence-corrected chi connectivity index (χ1v) is 7.47. The standard InChI is InChI=1S/C17H24N4O/c1-13-5-7-15(8-6-13)16(20(3)4)11-19-17(22)14(2)21-10-9-18-12-21/h5-10,12,14,16H,11H2,1-4H3,(H,19,22)/t14-,16+/m1/s1. The van der Waals surface area contributed by atoms with Crippen LogP contribution >= 0.6 is 0 Å². The van der Waals surface area contributed by atoms with E-state index in [9.17, 15) is 4.79 Å². The molecule has 1 heterocycles. The second-order valence-corrected chi connectivity index (χ2v) is 5.82. The van der Waals surface area contributed by atoms with Crippen LogP contribution in [0, 0.1) is 6.92 Å². The van der Waals surface area contributed by atoms with E-state index in [1.807, 2.05) is 21.0 Å². The summed E-state index contributed by atoms with van der Waals surface area (Å²) in [7, 11) is 4.05. The maximum Gasteiger partial charge on any atom is 0.242 e. The molecule has 0 spiro atoms. The van der Waals surface area contributed by atoms with Crippen LogP contribution < -0.4 is 5.32 Å². The van der Waals surface area contributed by atoms with Crippen LogP contribution in [0.15, 0.2) is 43.0 Å². The highest BCUT2D eigenvalue weighted by Crippen LogP contribution is 2.18. The lowest BCUT2D eigenvalue weighted by Gasteiger charge is -2.26. The summed E-state index contributed by atoms with van der Waals surface area (Å²) in [6.45, 7) is 4.52. The van der Waals surface area contributed by atoms with E-state index in [4.69, 9.17) is 0 Å². The molecule has 1 aromatic heterocycles. The Hall–Kier alpha value is -2.14. The Labute approximate surface area is 132 Å². The molecule has 2 aromatic rings. The van der Waals surface area contributed by atoms with Gasteiger partial charge in [0.05, 0.1) is 12.4 Å². The zero-order chi connectivity index (χ0) is 16.1. The third-order valence-corrected chi connectivity index (χ3v) is 3.91. The molecule has 0 aliphatic carbocycles.